The molecule has 7 nitrogen and oxygen atoms in total. The van der Waals surface area contributed by atoms with E-state index in [0.29, 0.717) is 29.4 Å². The quantitative estimate of drug-likeness (QED) is 0.573. The smallest absolute Gasteiger partial charge is 0.276 e. The predicted octanol–water partition coefficient (Wildman–Crippen LogP) is 4.32. The van der Waals surface area contributed by atoms with E-state index in [-0.39, 0.29) is 18.2 Å². The van der Waals surface area contributed by atoms with Crippen LogP contribution in [0, 0.1) is 20.8 Å². The van der Waals surface area contributed by atoms with E-state index in [2.05, 4.69) is 10.3 Å². The zero-order chi connectivity index (χ0) is 21.1. The van der Waals surface area contributed by atoms with Crippen LogP contribution in [0.4, 0.5) is 0 Å². The first-order valence-corrected chi connectivity index (χ1v) is 9.80. The summed E-state index contributed by atoms with van der Waals surface area (Å²) in [5.74, 6) is 1.03. The van der Waals surface area contributed by atoms with E-state index < -0.39 is 0 Å². The van der Waals surface area contributed by atoms with Crippen molar-refractivity contribution in [1.82, 2.24) is 19.8 Å². The maximum Gasteiger partial charge on any atom is 0.276 e. The van der Waals surface area contributed by atoms with Gasteiger partial charge in [-0.3, -0.25) is 9.48 Å². The Hall–Kier alpha value is -2.80. The van der Waals surface area contributed by atoms with E-state index in [1.54, 1.807) is 29.7 Å². The van der Waals surface area contributed by atoms with Gasteiger partial charge in [0.15, 0.2) is 5.69 Å². The summed E-state index contributed by atoms with van der Waals surface area (Å²) in [4.78, 5) is 14.5. The number of ether oxygens (including phenoxy) is 1. The highest BCUT2D eigenvalue weighted by Gasteiger charge is 2.24. The Morgan fingerprint density at radius 2 is 2.03 bits per heavy atom. The molecular formula is C21H25ClN4O3. The van der Waals surface area contributed by atoms with E-state index in [1.165, 1.54) is 5.56 Å². The van der Waals surface area contributed by atoms with E-state index in [0.717, 1.165) is 17.0 Å². The summed E-state index contributed by atoms with van der Waals surface area (Å²) in [6, 6.07) is 5.89. The van der Waals surface area contributed by atoms with Crippen molar-refractivity contribution in [3.05, 3.63) is 63.3 Å². The molecule has 0 fully saturated rings. The molecule has 0 saturated carbocycles. The van der Waals surface area contributed by atoms with E-state index >= 15 is 0 Å². The molecule has 3 aromatic rings. The summed E-state index contributed by atoms with van der Waals surface area (Å²) < 4.78 is 12.9. The van der Waals surface area contributed by atoms with Crippen LogP contribution in [0.2, 0.25) is 5.02 Å². The molecule has 0 radical (unpaired) electrons. The third kappa shape index (κ3) is 4.45. The van der Waals surface area contributed by atoms with E-state index in [9.17, 15) is 4.79 Å². The molecule has 0 spiro atoms. The van der Waals surface area contributed by atoms with Crippen molar-refractivity contribution in [1.29, 1.82) is 0 Å². The lowest BCUT2D eigenvalue weighted by atomic mass is 10.1. The predicted molar refractivity (Wildman–Crippen MR) is 110 cm³/mol. The van der Waals surface area contributed by atoms with Gasteiger partial charge in [0.05, 0.1) is 29.0 Å². The monoisotopic (exact) mass is 416 g/mol. The van der Waals surface area contributed by atoms with Gasteiger partial charge in [-0.1, -0.05) is 22.8 Å². The first-order chi connectivity index (χ1) is 13.8. The first-order valence-electron chi connectivity index (χ1n) is 9.42. The second kappa shape index (κ2) is 8.69. The summed E-state index contributed by atoms with van der Waals surface area (Å²) >= 11 is 6.22. The number of carbonyl (C=O) groups excluding carboxylic acids is 1. The Morgan fingerprint density at radius 1 is 1.28 bits per heavy atom. The van der Waals surface area contributed by atoms with Gasteiger partial charge in [-0.25, -0.2) is 0 Å². The van der Waals surface area contributed by atoms with Crippen LogP contribution in [-0.4, -0.2) is 32.8 Å². The highest BCUT2D eigenvalue weighted by Crippen LogP contribution is 2.22. The molecule has 29 heavy (non-hydrogen) atoms. The van der Waals surface area contributed by atoms with Crippen LogP contribution in [-0.2, 0) is 19.7 Å². The molecule has 0 bridgehead atoms. The zero-order valence-electron chi connectivity index (χ0n) is 17.3. The van der Waals surface area contributed by atoms with Gasteiger partial charge in [0.2, 0.25) is 0 Å². The molecule has 3 rings (SSSR count). The summed E-state index contributed by atoms with van der Waals surface area (Å²) in [6.07, 6.45) is 1.59. The lowest BCUT2D eigenvalue weighted by molar-refractivity contribution is 0.0769. The Labute approximate surface area is 175 Å². The average molecular weight is 417 g/mol. The number of rotatable bonds is 7. The maximum atomic E-state index is 13.0. The van der Waals surface area contributed by atoms with Gasteiger partial charge in [-0.2, -0.15) is 5.10 Å². The van der Waals surface area contributed by atoms with Crippen molar-refractivity contribution in [3.63, 3.8) is 0 Å². The molecular weight excluding hydrogens is 392 g/mol. The minimum atomic E-state index is -0.263. The van der Waals surface area contributed by atoms with Gasteiger partial charge < -0.3 is 14.2 Å². The van der Waals surface area contributed by atoms with Crippen molar-refractivity contribution >= 4 is 17.5 Å². The zero-order valence-corrected chi connectivity index (χ0v) is 18.1. The van der Waals surface area contributed by atoms with Gasteiger partial charge in [0.1, 0.15) is 18.1 Å². The fraction of sp³-hybridized carbons (Fsp3) is 0.381. The van der Waals surface area contributed by atoms with Gasteiger partial charge in [-0.05, 0) is 51.0 Å². The second-order valence-corrected chi connectivity index (χ2v) is 7.42. The molecule has 1 amide bonds. The lowest BCUT2D eigenvalue weighted by Gasteiger charge is -2.17. The van der Waals surface area contributed by atoms with Crippen LogP contribution in [0.25, 0.3) is 0 Å². The summed E-state index contributed by atoms with van der Waals surface area (Å²) in [5.41, 5.74) is 3.99. The normalized spacial score (nSPS) is 11.0. The summed E-state index contributed by atoms with van der Waals surface area (Å²) in [7, 11) is 1.70. The van der Waals surface area contributed by atoms with Gasteiger partial charge in [-0.15, -0.1) is 0 Å². The third-order valence-electron chi connectivity index (χ3n) is 4.98. The van der Waals surface area contributed by atoms with Gasteiger partial charge in [0, 0.05) is 13.6 Å². The number of carbonyl (C=O) groups is 1. The molecule has 1 aromatic carbocycles. The number of benzene rings is 1. The minimum absolute atomic E-state index is 0.195. The molecule has 0 aliphatic heterocycles. The molecule has 8 heteroatoms. The molecule has 0 N–H and O–H groups in total. The number of amides is 1. The number of aryl methyl sites for hydroxylation is 4. The SMILES string of the molecule is CCn1ncc(Cl)c1CN(C)C(=O)c1noc(C)c1COc1ccc(C)c(C)c1. The Kier molecular flexibility index (Phi) is 6.27. The van der Waals surface area contributed by atoms with Crippen LogP contribution < -0.4 is 4.74 Å². The van der Waals surface area contributed by atoms with Crippen LogP contribution in [0.1, 0.15) is 45.6 Å². The van der Waals surface area contributed by atoms with Crippen LogP contribution >= 0.6 is 11.6 Å². The van der Waals surface area contributed by atoms with Crippen molar-refractivity contribution in [2.24, 2.45) is 0 Å². The van der Waals surface area contributed by atoms with Crippen LogP contribution in [0.5, 0.6) is 5.75 Å². The van der Waals surface area contributed by atoms with Crippen molar-refractivity contribution in [2.75, 3.05) is 7.05 Å². The van der Waals surface area contributed by atoms with Crippen molar-refractivity contribution in [3.8, 4) is 5.75 Å². The summed E-state index contributed by atoms with van der Waals surface area (Å²) in [5, 5.41) is 8.71. The molecule has 0 unspecified atom stereocenters. The standard InChI is InChI=1S/C21H25ClN4O3/c1-6-26-19(18(22)10-23-26)11-25(5)21(27)20-17(15(4)29-24-20)12-28-16-8-7-13(2)14(3)9-16/h7-10H,6,11-12H2,1-5H3. The Morgan fingerprint density at radius 3 is 2.72 bits per heavy atom. The lowest BCUT2D eigenvalue weighted by Crippen LogP contribution is -2.29. The molecule has 0 aliphatic rings. The molecule has 0 aliphatic carbocycles. The highest BCUT2D eigenvalue weighted by molar-refractivity contribution is 6.31. The fourth-order valence-electron chi connectivity index (χ4n) is 2.98. The maximum absolute atomic E-state index is 13.0. The highest BCUT2D eigenvalue weighted by atomic mass is 35.5. The number of aromatic nitrogens is 3. The Balaban J connectivity index is 1.76. The largest absolute Gasteiger partial charge is 0.489 e. The number of halogens is 1. The number of hydrogen-bond acceptors (Lipinski definition) is 5. The molecule has 154 valence electrons. The molecule has 2 heterocycles. The topological polar surface area (TPSA) is 73.4 Å². The Bertz CT molecular complexity index is 1030. The van der Waals surface area contributed by atoms with E-state index in [1.807, 2.05) is 39.0 Å². The van der Waals surface area contributed by atoms with Gasteiger partial charge in [0.25, 0.3) is 5.91 Å². The average Bonchev–Trinajstić information content (AvgIpc) is 3.24. The summed E-state index contributed by atoms with van der Waals surface area (Å²) in [6.45, 7) is 9.00. The second-order valence-electron chi connectivity index (χ2n) is 7.02. The number of hydrogen-bond donors (Lipinski definition) is 0. The van der Waals surface area contributed by atoms with Crippen molar-refractivity contribution in [2.45, 2.75) is 47.4 Å². The fourth-order valence-corrected chi connectivity index (χ4v) is 3.18. The van der Waals surface area contributed by atoms with E-state index in [4.69, 9.17) is 20.9 Å². The third-order valence-corrected chi connectivity index (χ3v) is 5.30. The van der Waals surface area contributed by atoms with Crippen LogP contribution in [0.15, 0.2) is 28.9 Å². The molecule has 2 aromatic heterocycles. The minimum Gasteiger partial charge on any atom is -0.489 e. The molecule has 0 atom stereocenters. The van der Waals surface area contributed by atoms with Crippen molar-refractivity contribution < 1.29 is 14.1 Å². The first kappa shape index (κ1) is 20.9. The number of nitrogens with zero attached hydrogens (tertiary/aromatic N) is 4. The van der Waals surface area contributed by atoms with Gasteiger partial charge >= 0.3 is 0 Å². The molecule has 0 saturated heterocycles. The van der Waals surface area contributed by atoms with Crippen LogP contribution in [0.3, 0.4) is 0 Å².